The molecule has 0 amide bonds. The molecule has 112 valence electrons. The lowest BCUT2D eigenvalue weighted by Crippen LogP contribution is -2.30. The number of nitrogens with two attached hydrogens (primary N) is 1. The van der Waals surface area contributed by atoms with Gasteiger partial charge in [0.05, 0.1) is 6.04 Å². The summed E-state index contributed by atoms with van der Waals surface area (Å²) < 4.78 is 54.0. The molecule has 2 nitrogen and oxygen atoms in total. The molecule has 0 spiro atoms. The molecule has 2 rings (SSSR count). The number of hydrogen-bond donors (Lipinski definition) is 2. The summed E-state index contributed by atoms with van der Waals surface area (Å²) in [4.78, 5) is 0. The van der Waals surface area contributed by atoms with Gasteiger partial charge in [-0.2, -0.15) is 0 Å². The summed E-state index contributed by atoms with van der Waals surface area (Å²) in [5.74, 6) is 1.89. The van der Waals surface area contributed by atoms with E-state index in [0.29, 0.717) is 0 Å². The van der Waals surface area contributed by atoms with Gasteiger partial charge in [0.15, 0.2) is 11.6 Å². The van der Waals surface area contributed by atoms with Gasteiger partial charge < -0.3 is 0 Å². The van der Waals surface area contributed by atoms with Crippen molar-refractivity contribution in [3.05, 3.63) is 70.3 Å². The zero-order chi connectivity index (χ0) is 15.6. The van der Waals surface area contributed by atoms with Crippen LogP contribution in [0.3, 0.4) is 0 Å². The summed E-state index contributed by atoms with van der Waals surface area (Å²) >= 11 is 0. The number of hydrogen-bond acceptors (Lipinski definition) is 2. The highest BCUT2D eigenvalue weighted by atomic mass is 19.2. The lowest BCUT2D eigenvalue weighted by atomic mass is 9.97. The lowest BCUT2D eigenvalue weighted by molar-refractivity contribution is 0.456. The van der Waals surface area contributed by atoms with Gasteiger partial charge >= 0.3 is 0 Å². The molecule has 21 heavy (non-hydrogen) atoms. The van der Waals surface area contributed by atoms with E-state index in [2.05, 4.69) is 5.43 Å². The fourth-order valence-electron chi connectivity index (χ4n) is 2.10. The third-order valence-electron chi connectivity index (χ3n) is 3.32. The van der Waals surface area contributed by atoms with E-state index in [9.17, 15) is 17.6 Å². The summed E-state index contributed by atoms with van der Waals surface area (Å²) in [5, 5.41) is 0. The van der Waals surface area contributed by atoms with Crippen molar-refractivity contribution in [2.24, 2.45) is 5.84 Å². The Morgan fingerprint density at radius 1 is 1.05 bits per heavy atom. The zero-order valence-corrected chi connectivity index (χ0v) is 11.3. The third kappa shape index (κ3) is 3.22. The minimum Gasteiger partial charge on any atom is -0.271 e. The van der Waals surface area contributed by atoms with Crippen LogP contribution in [0, 0.1) is 30.2 Å². The molecule has 0 aliphatic heterocycles. The average molecular weight is 298 g/mol. The van der Waals surface area contributed by atoms with Crippen molar-refractivity contribution in [3.63, 3.8) is 0 Å². The molecule has 6 heteroatoms. The molecule has 1 atom stereocenters. The first-order chi connectivity index (χ1) is 9.93. The quantitative estimate of drug-likeness (QED) is 0.516. The zero-order valence-electron chi connectivity index (χ0n) is 11.3. The van der Waals surface area contributed by atoms with Crippen molar-refractivity contribution in [1.82, 2.24) is 5.43 Å². The van der Waals surface area contributed by atoms with Crippen molar-refractivity contribution < 1.29 is 17.6 Å². The Hall–Kier alpha value is -1.92. The first-order valence-corrected chi connectivity index (χ1v) is 6.28. The molecule has 0 aliphatic rings. The molecule has 2 aromatic rings. The standard InChI is InChI=1S/C15H14F4N2/c1-8-2-5-11(15(19)14(8)18)13(21-20)6-9-3-4-10(16)7-12(9)17/h2-5,7,13,21H,6,20H2,1H3. The largest absolute Gasteiger partial charge is 0.271 e. The summed E-state index contributed by atoms with van der Waals surface area (Å²) in [6.45, 7) is 1.44. The predicted molar refractivity (Wildman–Crippen MR) is 71.2 cm³/mol. The van der Waals surface area contributed by atoms with Crippen molar-refractivity contribution in [2.75, 3.05) is 0 Å². The normalized spacial score (nSPS) is 12.5. The fraction of sp³-hybridized carbons (Fsp3) is 0.200. The van der Waals surface area contributed by atoms with E-state index >= 15 is 0 Å². The van der Waals surface area contributed by atoms with E-state index in [-0.39, 0.29) is 23.1 Å². The molecule has 0 aliphatic carbocycles. The third-order valence-corrected chi connectivity index (χ3v) is 3.32. The number of rotatable bonds is 4. The number of benzene rings is 2. The lowest BCUT2D eigenvalue weighted by Gasteiger charge is -2.18. The van der Waals surface area contributed by atoms with Crippen LogP contribution in [0.15, 0.2) is 30.3 Å². The second-order valence-corrected chi connectivity index (χ2v) is 4.76. The van der Waals surface area contributed by atoms with E-state index < -0.39 is 29.3 Å². The number of halogens is 4. The van der Waals surface area contributed by atoms with Gasteiger partial charge in [0.2, 0.25) is 0 Å². The van der Waals surface area contributed by atoms with Crippen LogP contribution < -0.4 is 11.3 Å². The first kappa shape index (κ1) is 15.5. The van der Waals surface area contributed by atoms with Gasteiger partial charge in [0.1, 0.15) is 11.6 Å². The highest BCUT2D eigenvalue weighted by molar-refractivity contribution is 5.30. The van der Waals surface area contributed by atoms with Crippen LogP contribution in [0.25, 0.3) is 0 Å². The summed E-state index contributed by atoms with van der Waals surface area (Å²) in [5.41, 5.74) is 2.64. The average Bonchev–Trinajstić information content (AvgIpc) is 2.45. The maximum Gasteiger partial charge on any atom is 0.163 e. The maximum atomic E-state index is 13.9. The Bertz CT molecular complexity index is 658. The second-order valence-electron chi connectivity index (χ2n) is 4.76. The minimum absolute atomic E-state index is 0.00988. The molecule has 2 aromatic carbocycles. The highest BCUT2D eigenvalue weighted by Gasteiger charge is 2.20. The fourth-order valence-corrected chi connectivity index (χ4v) is 2.10. The number of hydrazine groups is 1. The Kier molecular flexibility index (Phi) is 4.59. The molecule has 0 radical (unpaired) electrons. The van der Waals surface area contributed by atoms with Crippen LogP contribution in [-0.2, 0) is 6.42 Å². The van der Waals surface area contributed by atoms with Crippen LogP contribution in [0.2, 0.25) is 0 Å². The number of aryl methyl sites for hydroxylation is 1. The molecular weight excluding hydrogens is 284 g/mol. The van der Waals surface area contributed by atoms with E-state index in [1.54, 1.807) is 0 Å². The van der Waals surface area contributed by atoms with Crippen LogP contribution >= 0.6 is 0 Å². The molecule has 0 saturated heterocycles. The summed E-state index contributed by atoms with van der Waals surface area (Å²) in [6, 6.07) is 5.05. The van der Waals surface area contributed by atoms with Gasteiger partial charge in [0.25, 0.3) is 0 Å². The molecule has 3 N–H and O–H groups in total. The summed E-state index contributed by atoms with van der Waals surface area (Å²) in [7, 11) is 0. The first-order valence-electron chi connectivity index (χ1n) is 6.28. The van der Waals surface area contributed by atoms with Gasteiger partial charge in [-0.25, -0.2) is 17.6 Å². The molecule has 0 saturated carbocycles. The predicted octanol–water partition coefficient (Wildman–Crippen LogP) is 3.30. The maximum absolute atomic E-state index is 13.9. The summed E-state index contributed by atoms with van der Waals surface area (Å²) in [6.07, 6.45) is -0.0396. The number of nitrogens with one attached hydrogen (secondary N) is 1. The van der Waals surface area contributed by atoms with E-state index in [1.165, 1.54) is 25.1 Å². The minimum atomic E-state index is -1.03. The van der Waals surface area contributed by atoms with Gasteiger partial charge in [-0.05, 0) is 30.5 Å². The van der Waals surface area contributed by atoms with Crippen LogP contribution in [0.1, 0.15) is 22.7 Å². The van der Waals surface area contributed by atoms with Crippen molar-refractivity contribution in [3.8, 4) is 0 Å². The van der Waals surface area contributed by atoms with Crippen LogP contribution in [0.4, 0.5) is 17.6 Å². The molecule has 0 aromatic heterocycles. The monoisotopic (exact) mass is 298 g/mol. The van der Waals surface area contributed by atoms with E-state index in [4.69, 9.17) is 5.84 Å². The molecule has 0 bridgehead atoms. The smallest absolute Gasteiger partial charge is 0.163 e. The van der Waals surface area contributed by atoms with Gasteiger partial charge in [-0.15, -0.1) is 0 Å². The van der Waals surface area contributed by atoms with Crippen LogP contribution in [-0.4, -0.2) is 0 Å². The van der Waals surface area contributed by atoms with Gasteiger partial charge in [-0.3, -0.25) is 11.3 Å². The van der Waals surface area contributed by atoms with Crippen molar-refractivity contribution in [1.29, 1.82) is 0 Å². The topological polar surface area (TPSA) is 38.0 Å². The SMILES string of the molecule is Cc1ccc(C(Cc2ccc(F)cc2F)NN)c(F)c1F. The Balaban J connectivity index is 2.34. The van der Waals surface area contributed by atoms with E-state index in [0.717, 1.165) is 12.1 Å². The molecule has 1 unspecified atom stereocenters. The Labute approximate surface area is 119 Å². The Morgan fingerprint density at radius 3 is 2.38 bits per heavy atom. The van der Waals surface area contributed by atoms with E-state index in [1.807, 2.05) is 0 Å². The van der Waals surface area contributed by atoms with Crippen LogP contribution in [0.5, 0.6) is 0 Å². The Morgan fingerprint density at radius 2 is 1.76 bits per heavy atom. The highest BCUT2D eigenvalue weighted by Crippen LogP contribution is 2.25. The molecule has 0 heterocycles. The molecular formula is C15H14F4N2. The molecule has 0 fully saturated rings. The van der Waals surface area contributed by atoms with Gasteiger partial charge in [-0.1, -0.05) is 18.2 Å². The van der Waals surface area contributed by atoms with Crippen molar-refractivity contribution >= 4 is 0 Å². The van der Waals surface area contributed by atoms with Crippen molar-refractivity contribution in [2.45, 2.75) is 19.4 Å². The van der Waals surface area contributed by atoms with Gasteiger partial charge in [0, 0.05) is 11.6 Å². The second kappa shape index (κ2) is 6.24.